The van der Waals surface area contributed by atoms with E-state index in [1.165, 1.54) is 50.5 Å². The van der Waals surface area contributed by atoms with E-state index in [1.54, 1.807) is 5.57 Å². The molecule has 0 bridgehead atoms. The molecule has 6 atom stereocenters. The molecular weight excluding hydrogens is 288 g/mol. The summed E-state index contributed by atoms with van der Waals surface area (Å²) in [4.78, 5) is 0. The number of allylic oxidation sites excluding steroid dienone is 4. The lowest BCUT2D eigenvalue weighted by atomic mass is 9.46. The van der Waals surface area contributed by atoms with Crippen LogP contribution in [0.3, 0.4) is 0 Å². The fourth-order valence-electron chi connectivity index (χ4n) is 6.69. The Balaban J connectivity index is 0.000000815. The third-order valence-electron chi connectivity index (χ3n) is 8.08. The molecule has 0 aliphatic heterocycles. The van der Waals surface area contributed by atoms with Crippen LogP contribution in [0.25, 0.3) is 0 Å². The summed E-state index contributed by atoms with van der Waals surface area (Å²) in [7, 11) is 0. The van der Waals surface area contributed by atoms with Crippen LogP contribution >= 0.6 is 0 Å². The van der Waals surface area contributed by atoms with Crippen molar-refractivity contribution in [2.45, 2.75) is 79.6 Å². The minimum Gasteiger partial charge on any atom is -0.115 e. The normalized spacial score (nSPS) is 46.2. The summed E-state index contributed by atoms with van der Waals surface area (Å²) in [6, 6.07) is 0. The van der Waals surface area contributed by atoms with Crippen molar-refractivity contribution in [3.8, 4) is 12.3 Å². The SMILES string of the molecule is C#CC1=CCC2C3CCC4=CC(C)CCC4(C)C3CCC12C.CC. The highest BCUT2D eigenvalue weighted by atomic mass is 14.6. The number of terminal acetylenes is 1. The van der Waals surface area contributed by atoms with Crippen LogP contribution in [-0.4, -0.2) is 0 Å². The molecule has 4 rings (SSSR count). The van der Waals surface area contributed by atoms with Gasteiger partial charge in [0.25, 0.3) is 0 Å². The number of fused-ring (bicyclic) bond motifs is 5. The molecule has 0 radical (unpaired) electrons. The molecule has 4 aliphatic carbocycles. The molecule has 0 N–H and O–H groups in total. The van der Waals surface area contributed by atoms with Gasteiger partial charge in [-0.15, -0.1) is 6.42 Å². The van der Waals surface area contributed by atoms with Gasteiger partial charge in [0.05, 0.1) is 0 Å². The Labute approximate surface area is 150 Å². The quantitative estimate of drug-likeness (QED) is 0.340. The molecule has 0 saturated heterocycles. The first-order valence-corrected chi connectivity index (χ1v) is 10.4. The fourth-order valence-corrected chi connectivity index (χ4v) is 6.69. The smallest absolute Gasteiger partial charge is 0.00399 e. The second-order valence-corrected chi connectivity index (χ2v) is 8.99. The maximum absolute atomic E-state index is 5.81. The van der Waals surface area contributed by atoms with E-state index in [9.17, 15) is 0 Å². The molecule has 0 heterocycles. The average Bonchev–Trinajstić information content (AvgIpc) is 2.93. The van der Waals surface area contributed by atoms with Gasteiger partial charge >= 0.3 is 0 Å². The maximum atomic E-state index is 5.81. The molecule has 0 heteroatoms. The van der Waals surface area contributed by atoms with Gasteiger partial charge in [-0.1, -0.05) is 58.3 Å². The molecule has 0 amide bonds. The van der Waals surface area contributed by atoms with E-state index < -0.39 is 0 Å². The molecule has 2 saturated carbocycles. The van der Waals surface area contributed by atoms with Crippen LogP contribution < -0.4 is 0 Å². The van der Waals surface area contributed by atoms with Crippen LogP contribution in [0.2, 0.25) is 0 Å². The summed E-state index contributed by atoms with van der Waals surface area (Å²) < 4.78 is 0. The van der Waals surface area contributed by atoms with Crippen molar-refractivity contribution in [1.82, 2.24) is 0 Å². The molecule has 6 unspecified atom stereocenters. The molecule has 0 aromatic rings. The molecular formula is C24H36. The minimum atomic E-state index is 0.315. The van der Waals surface area contributed by atoms with Crippen LogP contribution in [0.5, 0.6) is 0 Å². The van der Waals surface area contributed by atoms with Crippen LogP contribution in [-0.2, 0) is 0 Å². The summed E-state index contributed by atoms with van der Waals surface area (Å²) in [5.41, 5.74) is 3.93. The van der Waals surface area contributed by atoms with Crippen molar-refractivity contribution < 1.29 is 0 Å². The van der Waals surface area contributed by atoms with Gasteiger partial charge in [-0.05, 0) is 74.0 Å². The lowest BCUT2D eigenvalue weighted by Crippen LogP contribution is -2.49. The first-order chi connectivity index (χ1) is 11.5. The predicted octanol–water partition coefficient (Wildman–Crippen LogP) is 6.78. The van der Waals surface area contributed by atoms with Crippen LogP contribution in [0.15, 0.2) is 23.3 Å². The van der Waals surface area contributed by atoms with Gasteiger partial charge in [-0.25, -0.2) is 0 Å². The van der Waals surface area contributed by atoms with Crippen molar-refractivity contribution >= 4 is 0 Å². The van der Waals surface area contributed by atoms with E-state index in [1.807, 2.05) is 13.8 Å². The molecule has 2 fully saturated rings. The summed E-state index contributed by atoms with van der Waals surface area (Å²) in [6.45, 7) is 11.5. The highest BCUT2D eigenvalue weighted by Crippen LogP contribution is 2.65. The predicted molar refractivity (Wildman–Crippen MR) is 105 cm³/mol. The largest absolute Gasteiger partial charge is 0.115 e. The third-order valence-corrected chi connectivity index (χ3v) is 8.08. The van der Waals surface area contributed by atoms with Gasteiger partial charge in [-0.3, -0.25) is 0 Å². The zero-order chi connectivity index (χ0) is 17.5. The Morgan fingerprint density at radius 1 is 1.04 bits per heavy atom. The molecule has 4 aliphatic rings. The summed E-state index contributed by atoms with van der Waals surface area (Å²) >= 11 is 0. The monoisotopic (exact) mass is 324 g/mol. The van der Waals surface area contributed by atoms with E-state index >= 15 is 0 Å². The lowest BCUT2D eigenvalue weighted by molar-refractivity contribution is -0.0289. The van der Waals surface area contributed by atoms with Gasteiger partial charge in [0.15, 0.2) is 0 Å². The fraction of sp³-hybridized carbons (Fsp3) is 0.750. The number of hydrogen-bond acceptors (Lipinski definition) is 0. The molecule has 132 valence electrons. The Bertz CT molecular complexity index is 586. The van der Waals surface area contributed by atoms with Crippen molar-refractivity contribution in [2.75, 3.05) is 0 Å². The van der Waals surface area contributed by atoms with E-state index in [2.05, 4.69) is 38.8 Å². The molecule has 0 nitrogen and oxygen atoms in total. The Morgan fingerprint density at radius 3 is 2.46 bits per heavy atom. The van der Waals surface area contributed by atoms with Crippen molar-refractivity contribution in [2.24, 2.45) is 34.5 Å². The van der Waals surface area contributed by atoms with Crippen molar-refractivity contribution in [3.05, 3.63) is 23.3 Å². The molecule has 0 aromatic carbocycles. The zero-order valence-electron chi connectivity index (χ0n) is 16.5. The van der Waals surface area contributed by atoms with E-state index in [-0.39, 0.29) is 0 Å². The van der Waals surface area contributed by atoms with Crippen molar-refractivity contribution in [3.63, 3.8) is 0 Å². The topological polar surface area (TPSA) is 0 Å². The van der Waals surface area contributed by atoms with E-state index in [0.717, 1.165) is 23.7 Å². The average molecular weight is 325 g/mol. The van der Waals surface area contributed by atoms with Crippen LogP contribution in [0.4, 0.5) is 0 Å². The highest BCUT2D eigenvalue weighted by Gasteiger charge is 2.56. The Kier molecular flexibility index (Phi) is 4.76. The summed E-state index contributed by atoms with van der Waals surface area (Å²) in [5, 5.41) is 0. The molecule has 24 heavy (non-hydrogen) atoms. The number of rotatable bonds is 0. The lowest BCUT2D eigenvalue weighted by Gasteiger charge is -2.58. The van der Waals surface area contributed by atoms with Gasteiger partial charge in [0, 0.05) is 11.0 Å². The summed E-state index contributed by atoms with van der Waals surface area (Å²) in [5.74, 6) is 6.44. The second kappa shape index (κ2) is 6.40. The maximum Gasteiger partial charge on any atom is 0.00399 e. The van der Waals surface area contributed by atoms with Gasteiger partial charge in [0.2, 0.25) is 0 Å². The van der Waals surface area contributed by atoms with E-state index in [0.29, 0.717) is 10.8 Å². The second-order valence-electron chi connectivity index (χ2n) is 8.99. The third kappa shape index (κ3) is 2.42. The molecule has 0 aromatic heterocycles. The first kappa shape index (κ1) is 17.8. The minimum absolute atomic E-state index is 0.315. The van der Waals surface area contributed by atoms with Crippen molar-refractivity contribution in [1.29, 1.82) is 0 Å². The van der Waals surface area contributed by atoms with Gasteiger partial charge in [-0.2, -0.15) is 0 Å². The first-order valence-electron chi connectivity index (χ1n) is 10.4. The summed E-state index contributed by atoms with van der Waals surface area (Å²) in [6.07, 6.45) is 20.3. The van der Waals surface area contributed by atoms with Crippen LogP contribution in [0.1, 0.15) is 79.6 Å². The number of hydrogen-bond donors (Lipinski definition) is 0. The van der Waals surface area contributed by atoms with Gasteiger partial charge < -0.3 is 0 Å². The Hall–Kier alpha value is -0.960. The highest BCUT2D eigenvalue weighted by molar-refractivity contribution is 5.39. The molecule has 0 spiro atoms. The van der Waals surface area contributed by atoms with Crippen LogP contribution in [0, 0.1) is 46.8 Å². The zero-order valence-corrected chi connectivity index (χ0v) is 16.5. The van der Waals surface area contributed by atoms with E-state index in [4.69, 9.17) is 6.42 Å². The standard InChI is InChI=1S/C22H30.C2H6/c1-5-16-7-9-19-18-8-6-17-14-15(2)10-12-22(17,4)20(18)11-13-21(16,19)3;1-2/h1,7,14-15,18-20H,6,8-13H2,2-4H3;1-2H3. The Morgan fingerprint density at radius 2 is 1.75 bits per heavy atom. The van der Waals surface area contributed by atoms with Gasteiger partial charge in [0.1, 0.15) is 0 Å².